The quantitative estimate of drug-likeness (QED) is 0.728. The van der Waals surface area contributed by atoms with Gasteiger partial charge in [0, 0.05) is 17.2 Å². The summed E-state index contributed by atoms with van der Waals surface area (Å²) in [5.41, 5.74) is 2.26. The Hall–Kier alpha value is -1.09. The van der Waals surface area contributed by atoms with Crippen LogP contribution in [0.5, 0.6) is 0 Å². The molecule has 0 atom stereocenters. The average molecular weight is 275 g/mol. The van der Waals surface area contributed by atoms with Crippen LogP contribution >= 0.6 is 0 Å². The monoisotopic (exact) mass is 275 g/mol. The third kappa shape index (κ3) is 2.48. The molecule has 1 aliphatic rings. The van der Waals surface area contributed by atoms with Crippen LogP contribution in [-0.2, 0) is 9.84 Å². The van der Waals surface area contributed by atoms with Gasteiger partial charge in [0.2, 0.25) is 8.32 Å². The third-order valence-electron chi connectivity index (χ3n) is 4.35. The van der Waals surface area contributed by atoms with Gasteiger partial charge in [-0.1, -0.05) is 34.6 Å². The molecule has 1 aromatic rings. The molecule has 2 rings (SSSR count). The zero-order valence-electron chi connectivity index (χ0n) is 13.2. The number of pyridine rings is 1. The average Bonchev–Trinajstić information content (AvgIpc) is 2.49. The van der Waals surface area contributed by atoms with Crippen LogP contribution in [0.15, 0.2) is 24.4 Å². The van der Waals surface area contributed by atoms with E-state index in [1.54, 1.807) is 0 Å². The second-order valence-corrected chi connectivity index (χ2v) is 12.2. The first-order chi connectivity index (χ1) is 8.55. The minimum absolute atomic E-state index is 0.0334. The molecule has 0 saturated heterocycles. The zero-order chi connectivity index (χ0) is 14.5. The van der Waals surface area contributed by atoms with Crippen LogP contribution in [-0.4, -0.2) is 13.3 Å². The molecule has 1 aliphatic carbocycles. The van der Waals surface area contributed by atoms with Crippen molar-refractivity contribution in [2.24, 2.45) is 0 Å². The lowest BCUT2D eigenvalue weighted by atomic mass is 9.92. The van der Waals surface area contributed by atoms with E-state index in [0.29, 0.717) is 0 Å². The molecule has 0 saturated carbocycles. The Bertz CT molecular complexity index is 524. The van der Waals surface area contributed by atoms with E-state index < -0.39 is 8.32 Å². The highest BCUT2D eigenvalue weighted by Gasteiger charge is 2.42. The summed E-state index contributed by atoms with van der Waals surface area (Å²) in [6.07, 6.45) is 4.09. The van der Waals surface area contributed by atoms with E-state index in [9.17, 15) is 0 Å². The largest absolute Gasteiger partial charge is 0.543 e. The second-order valence-electron chi connectivity index (χ2n) is 7.49. The van der Waals surface area contributed by atoms with Gasteiger partial charge in [-0.05, 0) is 36.3 Å². The third-order valence-corrected chi connectivity index (χ3v) is 8.69. The summed E-state index contributed by atoms with van der Waals surface area (Å²) < 4.78 is 6.49. The van der Waals surface area contributed by atoms with Gasteiger partial charge in [0.25, 0.3) is 0 Å². The van der Waals surface area contributed by atoms with Crippen molar-refractivity contribution in [3.63, 3.8) is 0 Å². The maximum Gasteiger partial charge on any atom is 0.250 e. The molecule has 0 amide bonds. The summed E-state index contributed by atoms with van der Waals surface area (Å²) >= 11 is 0. The molecule has 0 N–H and O–H groups in total. The highest BCUT2D eigenvalue weighted by atomic mass is 28.4. The van der Waals surface area contributed by atoms with Crippen molar-refractivity contribution in [3.05, 3.63) is 35.7 Å². The molecule has 0 aromatic carbocycles. The second kappa shape index (κ2) is 4.20. The topological polar surface area (TPSA) is 22.1 Å². The van der Waals surface area contributed by atoms with Crippen LogP contribution in [0.3, 0.4) is 0 Å². The summed E-state index contributed by atoms with van der Waals surface area (Å²) in [6, 6.07) is 4.11. The Kier molecular flexibility index (Phi) is 3.17. The van der Waals surface area contributed by atoms with Gasteiger partial charge in [-0.25, -0.2) is 0 Å². The fourth-order valence-electron chi connectivity index (χ4n) is 2.10. The fraction of sp³-hybridized carbons (Fsp3) is 0.562. The molecule has 19 heavy (non-hydrogen) atoms. The van der Waals surface area contributed by atoms with E-state index >= 15 is 0 Å². The molecule has 0 unspecified atom stereocenters. The Morgan fingerprint density at radius 3 is 2.42 bits per heavy atom. The summed E-state index contributed by atoms with van der Waals surface area (Å²) in [6.45, 7) is 15.8. The van der Waals surface area contributed by atoms with E-state index in [4.69, 9.17) is 4.43 Å². The van der Waals surface area contributed by atoms with Gasteiger partial charge in [0.05, 0.1) is 5.69 Å². The summed E-state index contributed by atoms with van der Waals surface area (Å²) in [7, 11) is -1.80. The lowest BCUT2D eigenvalue weighted by Crippen LogP contribution is -2.40. The first kappa shape index (κ1) is 14.3. The predicted molar refractivity (Wildman–Crippen MR) is 83.5 cm³/mol. The first-order valence-corrected chi connectivity index (χ1v) is 9.83. The Balaban J connectivity index is 2.39. The predicted octanol–water partition coefficient (Wildman–Crippen LogP) is 4.74. The molecule has 0 spiro atoms. The summed E-state index contributed by atoms with van der Waals surface area (Å²) in [5, 5.41) is 0.211. The lowest BCUT2D eigenvalue weighted by molar-refractivity contribution is 0.457. The molecule has 0 aliphatic heterocycles. The SMILES string of the molecule is CC1(C)C=C(O[Si](C)(C)C(C)(C)C)c2cccnc21. The van der Waals surface area contributed by atoms with Crippen LogP contribution in [0, 0.1) is 0 Å². The van der Waals surface area contributed by atoms with Gasteiger partial charge in [0.1, 0.15) is 5.76 Å². The van der Waals surface area contributed by atoms with Gasteiger partial charge < -0.3 is 4.43 Å². The van der Waals surface area contributed by atoms with E-state index in [1.807, 2.05) is 12.3 Å². The highest BCUT2D eigenvalue weighted by Crippen LogP contribution is 2.44. The molecule has 104 valence electrons. The molecule has 2 nitrogen and oxygen atoms in total. The van der Waals surface area contributed by atoms with E-state index in [-0.39, 0.29) is 10.5 Å². The van der Waals surface area contributed by atoms with Gasteiger partial charge in [-0.2, -0.15) is 0 Å². The van der Waals surface area contributed by atoms with Crippen LogP contribution < -0.4 is 0 Å². The van der Waals surface area contributed by atoms with Crippen molar-refractivity contribution < 1.29 is 4.43 Å². The zero-order valence-corrected chi connectivity index (χ0v) is 14.2. The summed E-state index contributed by atoms with van der Waals surface area (Å²) in [5.74, 6) is 1.03. The van der Waals surface area contributed by atoms with Crippen LogP contribution in [0.2, 0.25) is 18.1 Å². The Morgan fingerprint density at radius 1 is 1.21 bits per heavy atom. The van der Waals surface area contributed by atoms with Gasteiger partial charge >= 0.3 is 0 Å². The number of hydrogen-bond donors (Lipinski definition) is 0. The smallest absolute Gasteiger partial charge is 0.250 e. The molecule has 0 bridgehead atoms. The Labute approximate surface area is 118 Å². The number of aromatic nitrogens is 1. The van der Waals surface area contributed by atoms with E-state index in [0.717, 1.165) is 17.0 Å². The van der Waals surface area contributed by atoms with Crippen molar-refractivity contribution in [1.82, 2.24) is 4.98 Å². The number of nitrogens with zero attached hydrogens (tertiary/aromatic N) is 1. The van der Waals surface area contributed by atoms with Crippen molar-refractivity contribution in [3.8, 4) is 0 Å². The normalized spacial score (nSPS) is 17.9. The van der Waals surface area contributed by atoms with Gasteiger partial charge in [-0.3, -0.25) is 4.98 Å². The standard InChI is InChI=1S/C16H25NOSi/c1-15(2,3)19(6,7)18-13-11-16(4,5)14-12(13)9-8-10-17-14/h8-11H,1-7H3. The van der Waals surface area contributed by atoms with Gasteiger partial charge in [-0.15, -0.1) is 0 Å². The maximum absolute atomic E-state index is 6.49. The number of allylic oxidation sites excluding steroid dienone is 1. The van der Waals surface area contributed by atoms with Crippen LogP contribution in [0.4, 0.5) is 0 Å². The molecule has 0 fully saturated rings. The van der Waals surface area contributed by atoms with Crippen LogP contribution in [0.25, 0.3) is 5.76 Å². The minimum atomic E-state index is -1.80. The molecule has 3 heteroatoms. The number of rotatable bonds is 2. The number of hydrogen-bond acceptors (Lipinski definition) is 2. The molecular formula is C16H25NOSi. The number of fused-ring (bicyclic) bond motifs is 1. The van der Waals surface area contributed by atoms with Crippen molar-refractivity contribution in [2.45, 2.75) is 58.2 Å². The van der Waals surface area contributed by atoms with Gasteiger partial charge in [0.15, 0.2) is 0 Å². The van der Waals surface area contributed by atoms with Crippen LogP contribution in [0.1, 0.15) is 45.9 Å². The van der Waals surface area contributed by atoms with Crippen molar-refractivity contribution >= 4 is 14.1 Å². The Morgan fingerprint density at radius 2 is 1.84 bits per heavy atom. The molecular weight excluding hydrogens is 250 g/mol. The summed E-state index contributed by atoms with van der Waals surface area (Å²) in [4.78, 5) is 4.54. The van der Waals surface area contributed by atoms with Crippen molar-refractivity contribution in [1.29, 1.82) is 0 Å². The lowest BCUT2D eigenvalue weighted by Gasteiger charge is -2.37. The molecule has 1 heterocycles. The molecule has 1 aromatic heterocycles. The van der Waals surface area contributed by atoms with E-state index in [2.05, 4.69) is 64.8 Å². The maximum atomic E-state index is 6.49. The van der Waals surface area contributed by atoms with E-state index in [1.165, 1.54) is 0 Å². The highest BCUT2D eigenvalue weighted by molar-refractivity contribution is 6.74. The molecule has 0 radical (unpaired) electrons. The van der Waals surface area contributed by atoms with Crippen molar-refractivity contribution in [2.75, 3.05) is 0 Å². The minimum Gasteiger partial charge on any atom is -0.543 e. The first-order valence-electron chi connectivity index (χ1n) is 6.92. The fourth-order valence-corrected chi connectivity index (χ4v) is 3.13.